The number of rotatable bonds is 8. The number of aromatic nitrogens is 1. The number of nitrogens with one attached hydrogen (secondary N) is 2. The van der Waals surface area contributed by atoms with Gasteiger partial charge in [-0.15, -0.1) is 0 Å². The van der Waals surface area contributed by atoms with Crippen LogP contribution in [0.3, 0.4) is 0 Å². The summed E-state index contributed by atoms with van der Waals surface area (Å²) in [5.74, 6) is 0.289. The number of ether oxygens (including phenoxy) is 1. The van der Waals surface area contributed by atoms with Gasteiger partial charge in [0.05, 0.1) is 0 Å². The molecule has 1 heterocycles. The summed E-state index contributed by atoms with van der Waals surface area (Å²) in [6.45, 7) is 6.97. The highest BCUT2D eigenvalue weighted by atomic mass is 16.5. The number of amides is 1. The summed E-state index contributed by atoms with van der Waals surface area (Å²) in [5.41, 5.74) is 1.68. The molecule has 0 fully saturated rings. The van der Waals surface area contributed by atoms with Crippen LogP contribution in [0.1, 0.15) is 39.2 Å². The van der Waals surface area contributed by atoms with Gasteiger partial charge in [-0.3, -0.25) is 9.59 Å². The molecule has 0 atom stereocenters. The highest BCUT2D eigenvalue weighted by molar-refractivity contribution is 5.91. The first-order valence-electron chi connectivity index (χ1n) is 9.41. The molecule has 0 aliphatic carbocycles. The van der Waals surface area contributed by atoms with Crippen LogP contribution in [-0.2, 0) is 16.0 Å². The van der Waals surface area contributed by atoms with Crippen LogP contribution in [0.5, 0.6) is 5.75 Å². The van der Waals surface area contributed by atoms with Gasteiger partial charge in [0.1, 0.15) is 5.75 Å². The first-order chi connectivity index (χ1) is 12.7. The minimum absolute atomic E-state index is 0.0153. The molecule has 2 N–H and O–H groups in total. The SMILES string of the molecule is CN(C)CCc1c[nH]c2cccc(OC(=O)CCCNC(=O)C(C)(C)C)c12. The Morgan fingerprint density at radius 1 is 1.22 bits per heavy atom. The van der Waals surface area contributed by atoms with E-state index in [-0.39, 0.29) is 18.3 Å². The van der Waals surface area contributed by atoms with Gasteiger partial charge in [0.25, 0.3) is 0 Å². The Labute approximate surface area is 161 Å². The number of carbonyl (C=O) groups is 2. The molecule has 148 valence electrons. The lowest BCUT2D eigenvalue weighted by molar-refractivity contribution is -0.134. The average Bonchev–Trinajstić information content (AvgIpc) is 3.00. The van der Waals surface area contributed by atoms with E-state index in [4.69, 9.17) is 4.74 Å². The third-order valence-electron chi connectivity index (χ3n) is 4.33. The topological polar surface area (TPSA) is 74.4 Å². The molecule has 1 amide bonds. The van der Waals surface area contributed by atoms with Crippen molar-refractivity contribution in [3.8, 4) is 5.75 Å². The molecule has 0 aliphatic heterocycles. The third-order valence-corrected chi connectivity index (χ3v) is 4.33. The van der Waals surface area contributed by atoms with E-state index >= 15 is 0 Å². The van der Waals surface area contributed by atoms with Gasteiger partial charge in [-0.25, -0.2) is 0 Å². The number of carbonyl (C=O) groups excluding carboxylic acids is 2. The molecule has 0 radical (unpaired) electrons. The zero-order valence-electron chi connectivity index (χ0n) is 17.0. The molecule has 0 saturated heterocycles. The van der Waals surface area contributed by atoms with Crippen LogP contribution in [0.2, 0.25) is 0 Å². The summed E-state index contributed by atoms with van der Waals surface area (Å²) in [6, 6.07) is 5.68. The number of hydrogen-bond acceptors (Lipinski definition) is 4. The van der Waals surface area contributed by atoms with Gasteiger partial charge in [0.2, 0.25) is 5.91 Å². The van der Waals surface area contributed by atoms with Crippen molar-refractivity contribution in [2.75, 3.05) is 27.2 Å². The van der Waals surface area contributed by atoms with Crippen LogP contribution in [-0.4, -0.2) is 48.9 Å². The number of nitrogens with zero attached hydrogens (tertiary/aromatic N) is 1. The molecule has 1 aromatic heterocycles. The second kappa shape index (κ2) is 9.04. The summed E-state index contributed by atoms with van der Waals surface area (Å²) in [6.07, 6.45) is 3.67. The molecule has 2 aromatic rings. The lowest BCUT2D eigenvalue weighted by atomic mass is 9.96. The normalized spacial score (nSPS) is 11.8. The van der Waals surface area contributed by atoms with Gasteiger partial charge in [-0.1, -0.05) is 26.8 Å². The number of benzene rings is 1. The van der Waals surface area contributed by atoms with E-state index < -0.39 is 5.41 Å². The lowest BCUT2D eigenvalue weighted by Gasteiger charge is -2.17. The number of aromatic amines is 1. The Bertz CT molecular complexity index is 788. The van der Waals surface area contributed by atoms with E-state index in [1.54, 1.807) is 0 Å². The first kappa shape index (κ1) is 21.0. The van der Waals surface area contributed by atoms with Gasteiger partial charge in [0, 0.05) is 42.0 Å². The number of likely N-dealkylation sites (N-methyl/N-ethyl adjacent to an activating group) is 1. The maximum atomic E-state index is 12.2. The van der Waals surface area contributed by atoms with E-state index in [0.29, 0.717) is 18.7 Å². The van der Waals surface area contributed by atoms with Gasteiger partial charge in [0.15, 0.2) is 0 Å². The third kappa shape index (κ3) is 6.10. The fourth-order valence-electron chi connectivity index (χ4n) is 2.72. The van der Waals surface area contributed by atoms with Crippen molar-refractivity contribution < 1.29 is 14.3 Å². The van der Waals surface area contributed by atoms with Crippen LogP contribution >= 0.6 is 0 Å². The van der Waals surface area contributed by atoms with Gasteiger partial charge >= 0.3 is 5.97 Å². The molecule has 0 unspecified atom stereocenters. The molecule has 0 aliphatic rings. The number of esters is 1. The Balaban J connectivity index is 1.94. The molecule has 27 heavy (non-hydrogen) atoms. The minimum Gasteiger partial charge on any atom is -0.426 e. The van der Waals surface area contributed by atoms with E-state index in [9.17, 15) is 9.59 Å². The zero-order valence-corrected chi connectivity index (χ0v) is 17.0. The summed E-state index contributed by atoms with van der Waals surface area (Å²) in [5, 5.41) is 3.81. The Hall–Kier alpha value is -2.34. The number of hydrogen-bond donors (Lipinski definition) is 2. The molecule has 0 spiro atoms. The van der Waals surface area contributed by atoms with Gasteiger partial charge in [-0.2, -0.15) is 0 Å². The summed E-state index contributed by atoms with van der Waals surface area (Å²) >= 11 is 0. The van der Waals surface area contributed by atoms with Crippen LogP contribution in [0.25, 0.3) is 10.9 Å². The van der Waals surface area contributed by atoms with Crippen LogP contribution < -0.4 is 10.1 Å². The van der Waals surface area contributed by atoms with Gasteiger partial charge in [-0.05, 0) is 44.6 Å². The fraction of sp³-hybridized carbons (Fsp3) is 0.524. The molecular weight excluding hydrogens is 342 g/mol. The highest BCUT2D eigenvalue weighted by Gasteiger charge is 2.20. The lowest BCUT2D eigenvalue weighted by Crippen LogP contribution is -2.35. The van der Waals surface area contributed by atoms with Crippen molar-refractivity contribution in [3.05, 3.63) is 30.0 Å². The first-order valence-corrected chi connectivity index (χ1v) is 9.41. The Kier molecular flexibility index (Phi) is 7.02. The van der Waals surface area contributed by atoms with E-state index in [0.717, 1.165) is 29.4 Å². The van der Waals surface area contributed by atoms with E-state index in [1.165, 1.54) is 0 Å². The average molecular weight is 373 g/mol. The van der Waals surface area contributed by atoms with Crippen molar-refractivity contribution in [3.63, 3.8) is 0 Å². The molecular formula is C21H31N3O3. The van der Waals surface area contributed by atoms with Crippen LogP contribution in [0, 0.1) is 5.41 Å². The molecule has 0 bridgehead atoms. The monoisotopic (exact) mass is 373 g/mol. The van der Waals surface area contributed by atoms with Crippen molar-refractivity contribution in [1.29, 1.82) is 0 Å². The predicted molar refractivity (Wildman–Crippen MR) is 108 cm³/mol. The quantitative estimate of drug-likeness (QED) is 0.424. The smallest absolute Gasteiger partial charge is 0.311 e. The Morgan fingerprint density at radius 3 is 2.63 bits per heavy atom. The number of fused-ring (bicyclic) bond motifs is 1. The molecule has 0 saturated carbocycles. The van der Waals surface area contributed by atoms with E-state index in [1.807, 2.05) is 59.3 Å². The summed E-state index contributed by atoms with van der Waals surface area (Å²) in [7, 11) is 4.07. The number of H-pyrrole nitrogens is 1. The second-order valence-electron chi connectivity index (χ2n) is 8.13. The van der Waals surface area contributed by atoms with Crippen molar-refractivity contribution in [1.82, 2.24) is 15.2 Å². The zero-order chi connectivity index (χ0) is 20.0. The summed E-state index contributed by atoms with van der Waals surface area (Å²) < 4.78 is 5.62. The molecule has 1 aromatic carbocycles. The largest absolute Gasteiger partial charge is 0.426 e. The minimum atomic E-state index is -0.423. The maximum absolute atomic E-state index is 12.2. The molecule has 2 rings (SSSR count). The predicted octanol–water partition coefficient (Wildman–Crippen LogP) is 3.12. The van der Waals surface area contributed by atoms with Crippen molar-refractivity contribution >= 4 is 22.8 Å². The fourth-order valence-corrected chi connectivity index (χ4v) is 2.72. The van der Waals surface area contributed by atoms with Crippen molar-refractivity contribution in [2.45, 2.75) is 40.0 Å². The second-order valence-corrected chi connectivity index (χ2v) is 8.13. The van der Waals surface area contributed by atoms with Crippen molar-refractivity contribution in [2.24, 2.45) is 5.41 Å². The highest BCUT2D eigenvalue weighted by Crippen LogP contribution is 2.29. The summed E-state index contributed by atoms with van der Waals surface area (Å²) in [4.78, 5) is 29.4. The van der Waals surface area contributed by atoms with E-state index in [2.05, 4.69) is 15.2 Å². The van der Waals surface area contributed by atoms with Crippen LogP contribution in [0.4, 0.5) is 0 Å². The standard InChI is InChI=1S/C21H31N3O3/c1-21(2,3)20(26)22-12-7-10-18(25)27-17-9-6-8-16-19(17)15(14-23-16)11-13-24(4)5/h6,8-9,14,23H,7,10-13H2,1-5H3,(H,22,26). The Morgan fingerprint density at radius 2 is 1.96 bits per heavy atom. The molecule has 6 nitrogen and oxygen atoms in total. The maximum Gasteiger partial charge on any atom is 0.311 e. The van der Waals surface area contributed by atoms with Gasteiger partial charge < -0.3 is 19.9 Å². The molecule has 6 heteroatoms. The van der Waals surface area contributed by atoms with Crippen LogP contribution in [0.15, 0.2) is 24.4 Å².